The van der Waals surface area contributed by atoms with Crippen LogP contribution in [0.25, 0.3) is 16.9 Å². The lowest BCUT2D eigenvalue weighted by Crippen LogP contribution is -2.37. The van der Waals surface area contributed by atoms with Crippen LogP contribution in [0.2, 0.25) is 0 Å². The highest BCUT2D eigenvalue weighted by atomic mass is 16.5. The number of carbonyl (C=O) groups excluding carboxylic acids is 1. The average Bonchev–Trinajstić information content (AvgIpc) is 3.25. The van der Waals surface area contributed by atoms with Crippen molar-refractivity contribution in [3.8, 4) is 5.69 Å². The zero-order chi connectivity index (χ0) is 21.9. The SMILES string of the molecule is CC(=O)Nc1ccc(Nc2nc(N3CCOCC3)nc3c2ncn3-c2ccccc2)cc1. The molecule has 0 saturated carbocycles. The zero-order valence-electron chi connectivity index (χ0n) is 17.7. The van der Waals surface area contributed by atoms with E-state index in [1.807, 2.05) is 59.2 Å². The topological polar surface area (TPSA) is 97.2 Å². The highest BCUT2D eigenvalue weighted by molar-refractivity contribution is 5.90. The van der Waals surface area contributed by atoms with Crippen molar-refractivity contribution in [2.24, 2.45) is 0 Å². The molecule has 2 aromatic heterocycles. The lowest BCUT2D eigenvalue weighted by atomic mass is 10.2. The number of fused-ring (bicyclic) bond motifs is 1. The smallest absolute Gasteiger partial charge is 0.229 e. The van der Waals surface area contributed by atoms with Crippen LogP contribution in [0.1, 0.15) is 6.92 Å². The summed E-state index contributed by atoms with van der Waals surface area (Å²) in [6, 6.07) is 17.5. The molecule has 2 aromatic carbocycles. The van der Waals surface area contributed by atoms with Crippen LogP contribution in [0.5, 0.6) is 0 Å². The summed E-state index contributed by atoms with van der Waals surface area (Å²) in [6.07, 6.45) is 1.77. The van der Waals surface area contributed by atoms with E-state index in [4.69, 9.17) is 14.7 Å². The summed E-state index contributed by atoms with van der Waals surface area (Å²) in [5, 5.41) is 6.15. The first-order valence-corrected chi connectivity index (χ1v) is 10.5. The van der Waals surface area contributed by atoms with E-state index in [2.05, 4.69) is 20.5 Å². The maximum absolute atomic E-state index is 11.3. The number of amides is 1. The van der Waals surface area contributed by atoms with Crippen molar-refractivity contribution in [1.82, 2.24) is 19.5 Å². The Bertz CT molecular complexity index is 1230. The molecule has 9 heteroatoms. The molecule has 162 valence electrons. The highest BCUT2D eigenvalue weighted by Crippen LogP contribution is 2.28. The van der Waals surface area contributed by atoms with Crippen LogP contribution in [-0.2, 0) is 9.53 Å². The Balaban J connectivity index is 1.56. The van der Waals surface area contributed by atoms with E-state index in [1.165, 1.54) is 6.92 Å². The molecular weight excluding hydrogens is 406 g/mol. The van der Waals surface area contributed by atoms with Gasteiger partial charge in [-0.3, -0.25) is 9.36 Å². The van der Waals surface area contributed by atoms with Crippen LogP contribution < -0.4 is 15.5 Å². The van der Waals surface area contributed by atoms with E-state index in [0.717, 1.165) is 35.8 Å². The van der Waals surface area contributed by atoms with Crippen molar-refractivity contribution >= 4 is 40.2 Å². The number of morpholine rings is 1. The molecule has 4 aromatic rings. The number of aromatic nitrogens is 4. The van der Waals surface area contributed by atoms with Gasteiger partial charge in [-0.15, -0.1) is 0 Å². The summed E-state index contributed by atoms with van der Waals surface area (Å²) in [5.41, 5.74) is 3.95. The second kappa shape index (κ2) is 8.64. The van der Waals surface area contributed by atoms with Crippen molar-refractivity contribution in [3.63, 3.8) is 0 Å². The largest absolute Gasteiger partial charge is 0.378 e. The van der Waals surface area contributed by atoms with Crippen LogP contribution in [0.3, 0.4) is 0 Å². The number of nitrogens with zero attached hydrogens (tertiary/aromatic N) is 5. The van der Waals surface area contributed by atoms with Crippen molar-refractivity contribution in [2.75, 3.05) is 41.8 Å². The third-order valence-electron chi connectivity index (χ3n) is 5.18. The number of carbonyl (C=O) groups is 1. The summed E-state index contributed by atoms with van der Waals surface area (Å²) in [4.78, 5) is 27.7. The van der Waals surface area contributed by atoms with Crippen LogP contribution in [0.4, 0.5) is 23.1 Å². The summed E-state index contributed by atoms with van der Waals surface area (Å²) in [7, 11) is 0. The molecule has 1 aliphatic rings. The number of nitrogens with one attached hydrogen (secondary N) is 2. The van der Waals surface area contributed by atoms with E-state index in [9.17, 15) is 4.79 Å². The highest BCUT2D eigenvalue weighted by Gasteiger charge is 2.20. The van der Waals surface area contributed by atoms with Crippen molar-refractivity contribution in [1.29, 1.82) is 0 Å². The van der Waals surface area contributed by atoms with Gasteiger partial charge in [-0.25, -0.2) is 4.98 Å². The van der Waals surface area contributed by atoms with Gasteiger partial charge in [0, 0.05) is 37.1 Å². The fourth-order valence-corrected chi connectivity index (χ4v) is 3.63. The minimum absolute atomic E-state index is 0.107. The second-order valence-corrected chi connectivity index (χ2v) is 7.48. The molecule has 32 heavy (non-hydrogen) atoms. The summed E-state index contributed by atoms with van der Waals surface area (Å²) < 4.78 is 7.46. The number of hydrogen-bond donors (Lipinski definition) is 2. The fraction of sp³-hybridized carbons (Fsp3) is 0.217. The third-order valence-corrected chi connectivity index (χ3v) is 5.18. The van der Waals surface area contributed by atoms with E-state index in [-0.39, 0.29) is 5.91 Å². The van der Waals surface area contributed by atoms with Crippen LogP contribution in [0.15, 0.2) is 60.9 Å². The van der Waals surface area contributed by atoms with E-state index in [1.54, 1.807) is 6.33 Å². The van der Waals surface area contributed by atoms with Crippen LogP contribution >= 0.6 is 0 Å². The van der Waals surface area contributed by atoms with Crippen LogP contribution in [0, 0.1) is 0 Å². The van der Waals surface area contributed by atoms with Crippen LogP contribution in [-0.4, -0.2) is 51.7 Å². The first-order chi connectivity index (χ1) is 15.7. The number of ether oxygens (including phenoxy) is 1. The molecule has 0 aliphatic carbocycles. The fourth-order valence-electron chi connectivity index (χ4n) is 3.63. The standard InChI is InChI=1S/C23H23N7O2/c1-16(31)25-17-7-9-18(10-8-17)26-21-20-22(28-23(27-21)29-11-13-32-14-12-29)30(15-24-20)19-5-3-2-4-6-19/h2-10,15H,11-14H2,1H3,(H,25,31)(H,26,27,28). The maximum Gasteiger partial charge on any atom is 0.229 e. The molecule has 5 rings (SSSR count). The van der Waals surface area contributed by atoms with Gasteiger partial charge in [0.2, 0.25) is 11.9 Å². The molecule has 2 N–H and O–H groups in total. The summed E-state index contributed by atoms with van der Waals surface area (Å²) in [6.45, 7) is 4.24. The quantitative estimate of drug-likeness (QED) is 0.502. The minimum atomic E-state index is -0.107. The van der Waals surface area contributed by atoms with Gasteiger partial charge in [0.15, 0.2) is 17.0 Å². The Morgan fingerprint density at radius 3 is 2.41 bits per heavy atom. The van der Waals surface area contributed by atoms with E-state index in [0.29, 0.717) is 30.5 Å². The second-order valence-electron chi connectivity index (χ2n) is 7.48. The van der Waals surface area contributed by atoms with E-state index >= 15 is 0 Å². The molecule has 1 saturated heterocycles. The third kappa shape index (κ3) is 4.10. The van der Waals surface area contributed by atoms with Gasteiger partial charge in [0.05, 0.1) is 13.2 Å². The summed E-state index contributed by atoms with van der Waals surface area (Å²) in [5.74, 6) is 1.15. The van der Waals surface area contributed by atoms with Crippen molar-refractivity contribution in [3.05, 3.63) is 60.9 Å². The van der Waals surface area contributed by atoms with Gasteiger partial charge in [0.25, 0.3) is 0 Å². The molecule has 0 spiro atoms. The zero-order valence-corrected chi connectivity index (χ0v) is 17.7. The minimum Gasteiger partial charge on any atom is -0.378 e. The Kier molecular flexibility index (Phi) is 5.39. The number of anilines is 4. The molecule has 0 bridgehead atoms. The molecule has 1 amide bonds. The Morgan fingerprint density at radius 1 is 0.969 bits per heavy atom. The van der Waals surface area contributed by atoms with Gasteiger partial charge in [-0.05, 0) is 36.4 Å². The number of hydrogen-bond acceptors (Lipinski definition) is 7. The number of benzene rings is 2. The Morgan fingerprint density at radius 2 is 1.69 bits per heavy atom. The first-order valence-electron chi connectivity index (χ1n) is 10.5. The maximum atomic E-state index is 11.3. The predicted octanol–water partition coefficient (Wildman–Crippen LogP) is 3.35. The lowest BCUT2D eigenvalue weighted by Gasteiger charge is -2.27. The number of para-hydroxylation sites is 1. The summed E-state index contributed by atoms with van der Waals surface area (Å²) >= 11 is 0. The lowest BCUT2D eigenvalue weighted by molar-refractivity contribution is -0.114. The van der Waals surface area contributed by atoms with Gasteiger partial charge < -0.3 is 20.3 Å². The molecule has 9 nitrogen and oxygen atoms in total. The number of rotatable bonds is 5. The molecule has 3 heterocycles. The first kappa shape index (κ1) is 20.0. The van der Waals surface area contributed by atoms with E-state index < -0.39 is 0 Å². The monoisotopic (exact) mass is 429 g/mol. The molecule has 1 aliphatic heterocycles. The normalized spacial score (nSPS) is 13.8. The van der Waals surface area contributed by atoms with Crippen molar-refractivity contribution in [2.45, 2.75) is 6.92 Å². The molecule has 0 radical (unpaired) electrons. The molecule has 1 fully saturated rings. The molecule has 0 atom stereocenters. The van der Waals surface area contributed by atoms with Gasteiger partial charge in [0.1, 0.15) is 6.33 Å². The Labute approximate surface area is 185 Å². The average molecular weight is 429 g/mol. The van der Waals surface area contributed by atoms with Crippen molar-refractivity contribution < 1.29 is 9.53 Å². The Hall–Kier alpha value is -3.98. The number of imidazole rings is 1. The molecule has 0 unspecified atom stereocenters. The molecular formula is C23H23N7O2. The van der Waals surface area contributed by atoms with Gasteiger partial charge >= 0.3 is 0 Å². The predicted molar refractivity (Wildman–Crippen MR) is 124 cm³/mol. The van der Waals surface area contributed by atoms with Gasteiger partial charge in [-0.2, -0.15) is 9.97 Å². The van der Waals surface area contributed by atoms with Gasteiger partial charge in [-0.1, -0.05) is 18.2 Å².